The van der Waals surface area contributed by atoms with Gasteiger partial charge in [0.05, 0.1) is 26.7 Å². The summed E-state index contributed by atoms with van der Waals surface area (Å²) in [6.45, 7) is 2.01. The van der Waals surface area contributed by atoms with Crippen molar-refractivity contribution >= 4 is 45.9 Å². The van der Waals surface area contributed by atoms with Crippen molar-refractivity contribution in [3.63, 3.8) is 0 Å². The van der Waals surface area contributed by atoms with E-state index in [4.69, 9.17) is 27.6 Å². The third-order valence-corrected chi connectivity index (χ3v) is 4.96. The molecule has 2 heterocycles. The van der Waals surface area contributed by atoms with E-state index in [1.165, 1.54) is 0 Å². The maximum atomic E-state index is 9.57. The second-order valence-electron chi connectivity index (χ2n) is 6.08. The van der Waals surface area contributed by atoms with Crippen LogP contribution < -0.4 is 0 Å². The number of furan rings is 1. The van der Waals surface area contributed by atoms with Crippen LogP contribution in [0.5, 0.6) is 0 Å². The van der Waals surface area contributed by atoms with E-state index in [1.807, 2.05) is 31.2 Å². The van der Waals surface area contributed by atoms with Gasteiger partial charge in [0.1, 0.15) is 23.4 Å². The first-order valence-corrected chi connectivity index (χ1v) is 8.93. The number of hydrogen-bond acceptors (Lipinski definition) is 3. The van der Waals surface area contributed by atoms with Crippen LogP contribution in [0.1, 0.15) is 17.1 Å². The quantitative estimate of drug-likeness (QED) is 0.403. The number of imidazole rings is 1. The summed E-state index contributed by atoms with van der Waals surface area (Å²) in [5.41, 5.74) is 3.89. The number of fused-ring (bicyclic) bond motifs is 1. The van der Waals surface area contributed by atoms with Crippen LogP contribution >= 0.6 is 23.2 Å². The van der Waals surface area contributed by atoms with Crippen molar-refractivity contribution in [1.82, 2.24) is 9.97 Å². The topological polar surface area (TPSA) is 65.6 Å². The molecule has 0 aliphatic rings. The fraction of sp³-hybridized carbons (Fsp3) is 0.0476. The molecule has 132 valence electrons. The first-order valence-electron chi connectivity index (χ1n) is 8.18. The number of nitrogens with zero attached hydrogens (tertiary/aromatic N) is 2. The highest BCUT2D eigenvalue weighted by molar-refractivity contribution is 6.43. The Balaban J connectivity index is 1.72. The molecular weight excluding hydrogens is 381 g/mol. The standard InChI is InChI=1S/C21H13Cl2N3O/c1-12-5-7-17-18(9-12)26-21(25-17)13(11-24)10-14-6-8-19(27-14)15-3-2-4-16(22)20(15)23/h2-10H,1H3,(H,25,26)/b13-10+. The van der Waals surface area contributed by atoms with Gasteiger partial charge >= 0.3 is 0 Å². The first kappa shape index (κ1) is 17.4. The summed E-state index contributed by atoms with van der Waals surface area (Å²) in [5, 5.41) is 10.5. The molecule has 0 fully saturated rings. The molecule has 1 N–H and O–H groups in total. The number of halogens is 2. The van der Waals surface area contributed by atoms with E-state index in [1.54, 1.807) is 30.3 Å². The Labute approximate surface area is 165 Å². The van der Waals surface area contributed by atoms with Gasteiger partial charge in [-0.15, -0.1) is 0 Å². The van der Waals surface area contributed by atoms with Crippen LogP contribution in [-0.4, -0.2) is 9.97 Å². The van der Waals surface area contributed by atoms with Gasteiger partial charge in [-0.2, -0.15) is 5.26 Å². The molecule has 6 heteroatoms. The summed E-state index contributed by atoms with van der Waals surface area (Å²) in [5.74, 6) is 1.59. The molecule has 0 spiro atoms. The zero-order valence-corrected chi connectivity index (χ0v) is 15.8. The highest BCUT2D eigenvalue weighted by atomic mass is 35.5. The Bertz CT molecular complexity index is 1230. The number of aromatic amines is 1. The van der Waals surface area contributed by atoms with Crippen molar-refractivity contribution in [3.05, 3.63) is 75.7 Å². The van der Waals surface area contributed by atoms with E-state index in [0.717, 1.165) is 16.6 Å². The lowest BCUT2D eigenvalue weighted by molar-refractivity contribution is 0.572. The number of hydrogen-bond donors (Lipinski definition) is 1. The molecular formula is C21H13Cl2N3O. The maximum absolute atomic E-state index is 9.57. The smallest absolute Gasteiger partial charge is 0.149 e. The molecule has 4 nitrogen and oxygen atoms in total. The number of allylic oxidation sites excluding steroid dienone is 1. The predicted octanol–water partition coefficient (Wildman–Crippen LogP) is 6.50. The van der Waals surface area contributed by atoms with Gasteiger partial charge in [0, 0.05) is 11.6 Å². The molecule has 0 aliphatic carbocycles. The number of H-pyrrole nitrogens is 1. The molecule has 0 radical (unpaired) electrons. The normalized spacial score (nSPS) is 11.7. The Morgan fingerprint density at radius 2 is 2.04 bits per heavy atom. The van der Waals surface area contributed by atoms with E-state index in [0.29, 0.717) is 38.5 Å². The highest BCUT2D eigenvalue weighted by Crippen LogP contribution is 2.34. The van der Waals surface area contributed by atoms with Gasteiger partial charge in [-0.3, -0.25) is 0 Å². The van der Waals surface area contributed by atoms with Crippen molar-refractivity contribution in [2.24, 2.45) is 0 Å². The average molecular weight is 394 g/mol. The Hall–Kier alpha value is -3.00. The van der Waals surface area contributed by atoms with Crippen LogP contribution in [0.15, 0.2) is 52.9 Å². The van der Waals surface area contributed by atoms with E-state index < -0.39 is 0 Å². The average Bonchev–Trinajstić information content (AvgIpc) is 3.28. The van der Waals surface area contributed by atoms with Crippen LogP contribution in [0.2, 0.25) is 10.0 Å². The minimum Gasteiger partial charge on any atom is -0.457 e. The molecule has 0 saturated heterocycles. The lowest BCUT2D eigenvalue weighted by Crippen LogP contribution is -1.84. The minimum absolute atomic E-state index is 0.377. The molecule has 2 aromatic carbocycles. The molecule has 0 saturated carbocycles. The SMILES string of the molecule is Cc1ccc2nc(/C(C#N)=C/c3ccc(-c4cccc(Cl)c4Cl)o3)[nH]c2c1. The third-order valence-electron chi connectivity index (χ3n) is 4.14. The number of rotatable bonds is 3. The summed E-state index contributed by atoms with van der Waals surface area (Å²) in [6, 6.07) is 17.0. The number of nitriles is 1. The third kappa shape index (κ3) is 3.35. The summed E-state index contributed by atoms with van der Waals surface area (Å²) in [4.78, 5) is 7.67. The molecule has 0 unspecified atom stereocenters. The van der Waals surface area contributed by atoms with Crippen LogP contribution in [-0.2, 0) is 0 Å². The van der Waals surface area contributed by atoms with Gasteiger partial charge in [-0.1, -0.05) is 35.3 Å². The monoisotopic (exact) mass is 393 g/mol. The van der Waals surface area contributed by atoms with E-state index in [-0.39, 0.29) is 0 Å². The van der Waals surface area contributed by atoms with Gasteiger partial charge in [0.25, 0.3) is 0 Å². The summed E-state index contributed by atoms with van der Waals surface area (Å²) in [7, 11) is 0. The van der Waals surface area contributed by atoms with Gasteiger partial charge in [0.15, 0.2) is 0 Å². The van der Waals surface area contributed by atoms with E-state index >= 15 is 0 Å². The molecule has 0 aliphatic heterocycles. The largest absolute Gasteiger partial charge is 0.457 e. The summed E-state index contributed by atoms with van der Waals surface area (Å²) < 4.78 is 5.84. The van der Waals surface area contributed by atoms with Crippen LogP contribution in [0.3, 0.4) is 0 Å². The van der Waals surface area contributed by atoms with Crippen LogP contribution in [0, 0.1) is 18.3 Å². The van der Waals surface area contributed by atoms with Crippen molar-refractivity contribution in [1.29, 1.82) is 5.26 Å². The Morgan fingerprint density at radius 3 is 2.85 bits per heavy atom. The fourth-order valence-electron chi connectivity index (χ4n) is 2.82. The molecule has 27 heavy (non-hydrogen) atoms. The first-order chi connectivity index (χ1) is 13.0. The van der Waals surface area contributed by atoms with Gasteiger partial charge < -0.3 is 9.40 Å². The molecule has 0 atom stereocenters. The van der Waals surface area contributed by atoms with Crippen LogP contribution in [0.25, 0.3) is 34.0 Å². The predicted molar refractivity (Wildman–Crippen MR) is 108 cm³/mol. The molecule has 4 rings (SSSR count). The summed E-state index contributed by atoms with van der Waals surface area (Å²) >= 11 is 12.3. The van der Waals surface area contributed by atoms with Crippen molar-refractivity contribution in [2.75, 3.05) is 0 Å². The minimum atomic E-state index is 0.377. The Kier molecular flexibility index (Phi) is 4.49. The maximum Gasteiger partial charge on any atom is 0.149 e. The second-order valence-corrected chi connectivity index (χ2v) is 6.86. The van der Waals surface area contributed by atoms with Gasteiger partial charge in [0.2, 0.25) is 0 Å². The zero-order valence-electron chi connectivity index (χ0n) is 14.3. The van der Waals surface area contributed by atoms with Crippen molar-refractivity contribution in [2.45, 2.75) is 6.92 Å². The molecule has 4 aromatic rings. The number of aryl methyl sites for hydroxylation is 1. The zero-order chi connectivity index (χ0) is 19.0. The highest BCUT2D eigenvalue weighted by Gasteiger charge is 2.12. The van der Waals surface area contributed by atoms with Crippen LogP contribution in [0.4, 0.5) is 0 Å². The Morgan fingerprint density at radius 1 is 1.19 bits per heavy atom. The summed E-state index contributed by atoms with van der Waals surface area (Å²) in [6.07, 6.45) is 1.65. The van der Waals surface area contributed by atoms with E-state index in [2.05, 4.69) is 16.0 Å². The number of nitrogens with one attached hydrogen (secondary N) is 1. The lowest BCUT2D eigenvalue weighted by atomic mass is 10.2. The van der Waals surface area contributed by atoms with Gasteiger partial charge in [-0.05, 0) is 48.9 Å². The fourth-order valence-corrected chi connectivity index (χ4v) is 3.21. The second kappa shape index (κ2) is 6.96. The molecule has 2 aromatic heterocycles. The number of aromatic nitrogens is 2. The van der Waals surface area contributed by atoms with Gasteiger partial charge in [-0.25, -0.2) is 4.98 Å². The number of benzene rings is 2. The van der Waals surface area contributed by atoms with Crippen molar-refractivity contribution < 1.29 is 4.42 Å². The molecule has 0 amide bonds. The van der Waals surface area contributed by atoms with E-state index in [9.17, 15) is 5.26 Å². The lowest BCUT2D eigenvalue weighted by Gasteiger charge is -2.02. The van der Waals surface area contributed by atoms with Crippen molar-refractivity contribution in [3.8, 4) is 17.4 Å². The molecule has 0 bridgehead atoms.